The van der Waals surface area contributed by atoms with Gasteiger partial charge in [0.1, 0.15) is 13.2 Å². The second-order valence-electron chi connectivity index (χ2n) is 18.5. The summed E-state index contributed by atoms with van der Waals surface area (Å²) >= 11 is 0. The fourth-order valence-electron chi connectivity index (χ4n) is 7.84. The third-order valence-corrected chi connectivity index (χ3v) is 12.1. The highest BCUT2D eigenvalue weighted by Gasteiger charge is 2.19. The van der Waals surface area contributed by atoms with Crippen molar-refractivity contribution >= 4 is 17.9 Å². The van der Waals surface area contributed by atoms with E-state index >= 15 is 0 Å². The number of rotatable bonds is 50. The average Bonchev–Trinajstić information content (AvgIpc) is 3.29. The van der Waals surface area contributed by atoms with Crippen LogP contribution in [0.2, 0.25) is 0 Å². The average molecular weight is 897 g/mol. The van der Waals surface area contributed by atoms with E-state index in [4.69, 9.17) is 14.2 Å². The fraction of sp³-hybridized carbons (Fsp3) is 0.810. The van der Waals surface area contributed by atoms with Gasteiger partial charge in [0, 0.05) is 19.3 Å². The molecule has 0 amide bonds. The van der Waals surface area contributed by atoms with Crippen LogP contribution in [0.1, 0.15) is 284 Å². The van der Waals surface area contributed by atoms with Crippen LogP contribution in [-0.2, 0) is 28.6 Å². The number of unbranched alkanes of at least 4 members (excludes halogenated alkanes) is 31. The molecule has 0 aliphatic heterocycles. The molecule has 0 aliphatic rings. The molecule has 0 fully saturated rings. The van der Waals surface area contributed by atoms with E-state index in [1.807, 2.05) is 0 Å². The molecule has 0 saturated carbocycles. The lowest BCUT2D eigenvalue weighted by Crippen LogP contribution is -2.30. The highest BCUT2D eigenvalue weighted by Crippen LogP contribution is 2.16. The van der Waals surface area contributed by atoms with Crippen molar-refractivity contribution < 1.29 is 28.6 Å². The lowest BCUT2D eigenvalue weighted by atomic mass is 10.0. The molecular formula is C58H104O6. The molecule has 0 aliphatic carbocycles. The Hall–Kier alpha value is -2.63. The monoisotopic (exact) mass is 897 g/mol. The van der Waals surface area contributed by atoms with E-state index in [2.05, 4.69) is 69.4 Å². The van der Waals surface area contributed by atoms with Gasteiger partial charge in [-0.2, -0.15) is 0 Å². The van der Waals surface area contributed by atoms with Gasteiger partial charge in [-0.25, -0.2) is 0 Å². The Kier molecular flexibility index (Phi) is 50.8. The molecule has 0 spiro atoms. The molecule has 372 valence electrons. The molecular weight excluding hydrogens is 793 g/mol. The first-order valence-corrected chi connectivity index (χ1v) is 27.6. The molecule has 64 heavy (non-hydrogen) atoms. The van der Waals surface area contributed by atoms with E-state index in [1.54, 1.807) is 0 Å². The van der Waals surface area contributed by atoms with Gasteiger partial charge in [0.15, 0.2) is 6.10 Å². The number of hydrogen-bond donors (Lipinski definition) is 0. The minimum absolute atomic E-state index is 0.0823. The van der Waals surface area contributed by atoms with E-state index in [0.29, 0.717) is 19.3 Å². The summed E-state index contributed by atoms with van der Waals surface area (Å²) in [5, 5.41) is 0. The summed E-state index contributed by atoms with van der Waals surface area (Å²) in [4.78, 5) is 38.0. The summed E-state index contributed by atoms with van der Waals surface area (Å²) < 4.78 is 16.8. The van der Waals surface area contributed by atoms with Crippen LogP contribution in [0, 0.1) is 0 Å². The number of carbonyl (C=O) groups excluding carboxylic acids is 3. The summed E-state index contributed by atoms with van der Waals surface area (Å²) in [6.45, 7) is 6.57. The number of carbonyl (C=O) groups is 3. The van der Waals surface area contributed by atoms with Gasteiger partial charge in [-0.3, -0.25) is 14.4 Å². The Labute approximate surface area is 397 Å². The van der Waals surface area contributed by atoms with Crippen LogP contribution in [0.25, 0.3) is 0 Å². The van der Waals surface area contributed by atoms with E-state index in [-0.39, 0.29) is 31.1 Å². The van der Waals surface area contributed by atoms with Gasteiger partial charge in [0.2, 0.25) is 0 Å². The molecule has 0 unspecified atom stereocenters. The van der Waals surface area contributed by atoms with Crippen LogP contribution in [-0.4, -0.2) is 37.2 Å². The summed E-state index contributed by atoms with van der Waals surface area (Å²) in [6.07, 6.45) is 63.8. The normalized spacial score (nSPS) is 12.4. The number of hydrogen-bond acceptors (Lipinski definition) is 6. The Morgan fingerprint density at radius 1 is 0.312 bits per heavy atom. The van der Waals surface area contributed by atoms with Gasteiger partial charge in [-0.05, 0) is 77.0 Å². The fourth-order valence-corrected chi connectivity index (χ4v) is 7.84. The van der Waals surface area contributed by atoms with E-state index in [1.165, 1.54) is 154 Å². The second-order valence-corrected chi connectivity index (χ2v) is 18.5. The van der Waals surface area contributed by atoms with E-state index < -0.39 is 6.10 Å². The molecule has 0 N–H and O–H groups in total. The molecule has 6 nitrogen and oxygen atoms in total. The first-order valence-electron chi connectivity index (χ1n) is 27.6. The van der Waals surface area contributed by atoms with Crippen LogP contribution in [0.4, 0.5) is 0 Å². The lowest BCUT2D eigenvalue weighted by molar-refractivity contribution is -0.167. The van der Waals surface area contributed by atoms with E-state index in [9.17, 15) is 14.4 Å². The third kappa shape index (κ3) is 50.4. The van der Waals surface area contributed by atoms with Gasteiger partial charge in [-0.15, -0.1) is 0 Å². The minimum atomic E-state index is -0.785. The number of allylic oxidation sites excluding steroid dienone is 8. The predicted molar refractivity (Wildman–Crippen MR) is 275 cm³/mol. The lowest BCUT2D eigenvalue weighted by Gasteiger charge is -2.18. The molecule has 6 heteroatoms. The Morgan fingerprint density at radius 2 is 0.578 bits per heavy atom. The second kappa shape index (κ2) is 53.0. The summed E-state index contributed by atoms with van der Waals surface area (Å²) in [6, 6.07) is 0. The quantitative estimate of drug-likeness (QED) is 0.0262. The van der Waals surface area contributed by atoms with Crippen LogP contribution in [0.5, 0.6) is 0 Å². The molecule has 0 bridgehead atoms. The van der Waals surface area contributed by atoms with Crippen molar-refractivity contribution in [3.63, 3.8) is 0 Å². The summed E-state index contributed by atoms with van der Waals surface area (Å²) in [5.41, 5.74) is 0. The Bertz CT molecular complexity index is 1120. The predicted octanol–water partition coefficient (Wildman–Crippen LogP) is 18.3. The van der Waals surface area contributed by atoms with Crippen molar-refractivity contribution in [1.82, 2.24) is 0 Å². The van der Waals surface area contributed by atoms with Crippen molar-refractivity contribution in [2.45, 2.75) is 290 Å². The zero-order valence-electron chi connectivity index (χ0n) is 42.6. The maximum absolute atomic E-state index is 12.8. The first kappa shape index (κ1) is 61.4. The van der Waals surface area contributed by atoms with Crippen LogP contribution in [0.15, 0.2) is 48.6 Å². The van der Waals surface area contributed by atoms with Gasteiger partial charge >= 0.3 is 17.9 Å². The van der Waals surface area contributed by atoms with Crippen molar-refractivity contribution in [2.75, 3.05) is 13.2 Å². The van der Waals surface area contributed by atoms with Gasteiger partial charge in [0.05, 0.1) is 0 Å². The molecule has 0 saturated heterocycles. The maximum atomic E-state index is 12.8. The molecule has 0 aromatic carbocycles. The number of ether oxygens (including phenoxy) is 3. The minimum Gasteiger partial charge on any atom is -0.462 e. The molecule has 1 atom stereocenters. The molecule has 0 aromatic rings. The highest BCUT2D eigenvalue weighted by atomic mass is 16.6. The zero-order valence-corrected chi connectivity index (χ0v) is 42.6. The first-order chi connectivity index (χ1) is 31.5. The third-order valence-electron chi connectivity index (χ3n) is 12.1. The molecule has 0 aromatic heterocycles. The van der Waals surface area contributed by atoms with Crippen molar-refractivity contribution in [3.8, 4) is 0 Å². The largest absolute Gasteiger partial charge is 0.462 e. The standard InChI is InChI=1S/C58H104O6/c1-4-7-10-13-16-19-22-24-26-28-30-31-33-36-39-42-45-48-51-57(60)63-54-55(53-62-56(59)50-47-44-41-38-35-21-18-15-12-9-6-3)64-58(61)52-49-46-43-40-37-34-32-29-27-25-23-20-17-14-11-8-5-2/h15,17-18,20,25,27,32,34,55H,4-14,16,19,21-24,26,28-31,33,35-54H2,1-3H3/b18-15-,20-17-,27-25-,34-32-/t55-/m1/s1. The summed E-state index contributed by atoms with van der Waals surface area (Å²) in [7, 11) is 0. The van der Waals surface area contributed by atoms with Crippen molar-refractivity contribution in [3.05, 3.63) is 48.6 Å². The van der Waals surface area contributed by atoms with Gasteiger partial charge in [0.25, 0.3) is 0 Å². The smallest absolute Gasteiger partial charge is 0.306 e. The Morgan fingerprint density at radius 3 is 0.969 bits per heavy atom. The zero-order chi connectivity index (χ0) is 46.5. The molecule has 0 radical (unpaired) electrons. The molecule has 0 rings (SSSR count). The Balaban J connectivity index is 4.36. The van der Waals surface area contributed by atoms with Gasteiger partial charge < -0.3 is 14.2 Å². The van der Waals surface area contributed by atoms with Crippen LogP contribution < -0.4 is 0 Å². The van der Waals surface area contributed by atoms with E-state index in [0.717, 1.165) is 89.9 Å². The highest BCUT2D eigenvalue weighted by molar-refractivity contribution is 5.71. The SMILES string of the molecule is CCCC/C=C\CCCCCCCC(=O)OC[C@H](COC(=O)CCCCCCCCCCCCCCCCCCCC)OC(=O)CCCCCC/C=C\C/C=C\C/C=C\CCCCC. The van der Waals surface area contributed by atoms with Crippen molar-refractivity contribution in [2.24, 2.45) is 0 Å². The summed E-state index contributed by atoms with van der Waals surface area (Å²) in [5.74, 6) is -0.903. The van der Waals surface area contributed by atoms with Crippen LogP contribution >= 0.6 is 0 Å². The topological polar surface area (TPSA) is 78.9 Å². The number of esters is 3. The van der Waals surface area contributed by atoms with Crippen molar-refractivity contribution in [1.29, 1.82) is 0 Å². The van der Waals surface area contributed by atoms with Gasteiger partial charge in [-0.1, -0.05) is 236 Å². The van der Waals surface area contributed by atoms with Crippen LogP contribution in [0.3, 0.4) is 0 Å². The maximum Gasteiger partial charge on any atom is 0.306 e. The molecule has 0 heterocycles.